The van der Waals surface area contributed by atoms with E-state index in [2.05, 4.69) is 38.1 Å². The van der Waals surface area contributed by atoms with Crippen LogP contribution in [0.1, 0.15) is 163 Å². The Bertz CT molecular complexity index is 1110. The molecule has 2 saturated carbocycles. The van der Waals surface area contributed by atoms with Crippen LogP contribution in [0.2, 0.25) is 0 Å². The number of halogens is 2. The van der Waals surface area contributed by atoms with Gasteiger partial charge in [-0.1, -0.05) is 82.7 Å². The van der Waals surface area contributed by atoms with Crippen LogP contribution in [0.4, 0.5) is 8.78 Å². The quantitative estimate of drug-likeness (QED) is 0.260. The lowest BCUT2D eigenvalue weighted by atomic mass is 9.76. The first-order valence-corrected chi connectivity index (χ1v) is 16.8. The van der Waals surface area contributed by atoms with Crippen molar-refractivity contribution in [2.24, 2.45) is 11.8 Å². The zero-order valence-corrected chi connectivity index (χ0v) is 25.2. The van der Waals surface area contributed by atoms with Crippen molar-refractivity contribution in [1.29, 1.82) is 0 Å². The normalized spacial score (nSPS) is 27.4. The van der Waals surface area contributed by atoms with Gasteiger partial charge in [0, 0.05) is 5.56 Å². The maximum absolute atomic E-state index is 15.4. The minimum atomic E-state index is -0.0583. The molecular weight excluding hydrogens is 494 g/mol. The van der Waals surface area contributed by atoms with Crippen LogP contribution in [-0.4, -0.2) is 0 Å². The van der Waals surface area contributed by atoms with Gasteiger partial charge in [0.15, 0.2) is 0 Å². The van der Waals surface area contributed by atoms with Gasteiger partial charge in [-0.15, -0.1) is 0 Å². The number of allylic oxidation sites excluding steroid dienone is 2. The first kappa shape index (κ1) is 29.5. The summed E-state index contributed by atoms with van der Waals surface area (Å²) in [6.45, 7) is 4.55. The summed E-state index contributed by atoms with van der Waals surface area (Å²) in [6.07, 6.45) is 22.7. The van der Waals surface area contributed by atoms with Gasteiger partial charge in [0.1, 0.15) is 11.6 Å². The lowest BCUT2D eigenvalue weighted by Crippen LogP contribution is -2.14. The van der Waals surface area contributed by atoms with Gasteiger partial charge in [-0.05, 0) is 135 Å². The molecule has 40 heavy (non-hydrogen) atoms. The lowest BCUT2D eigenvalue weighted by Gasteiger charge is -2.29. The molecule has 2 fully saturated rings. The van der Waals surface area contributed by atoms with E-state index in [4.69, 9.17) is 0 Å². The van der Waals surface area contributed by atoms with Crippen molar-refractivity contribution in [1.82, 2.24) is 0 Å². The highest BCUT2D eigenvalue weighted by atomic mass is 19.1. The van der Waals surface area contributed by atoms with Gasteiger partial charge < -0.3 is 0 Å². The minimum absolute atomic E-state index is 0.0145. The van der Waals surface area contributed by atoms with Crippen molar-refractivity contribution >= 4 is 5.57 Å². The molecule has 5 rings (SSSR count). The van der Waals surface area contributed by atoms with Gasteiger partial charge in [-0.25, -0.2) is 8.78 Å². The van der Waals surface area contributed by atoms with E-state index in [-0.39, 0.29) is 11.6 Å². The second kappa shape index (κ2) is 14.3. The molecule has 2 aromatic carbocycles. The molecule has 0 aromatic heterocycles. The monoisotopic (exact) mass is 546 g/mol. The second-order valence-electron chi connectivity index (χ2n) is 13.4. The average Bonchev–Trinajstić information content (AvgIpc) is 3.00. The highest BCUT2D eigenvalue weighted by Gasteiger charge is 2.26. The van der Waals surface area contributed by atoms with E-state index in [0.717, 1.165) is 66.2 Å². The van der Waals surface area contributed by atoms with Gasteiger partial charge in [-0.3, -0.25) is 0 Å². The Kier molecular flexibility index (Phi) is 10.5. The largest absolute Gasteiger partial charge is 0.207 e. The number of benzene rings is 2. The lowest BCUT2D eigenvalue weighted by molar-refractivity contribution is 0.302. The van der Waals surface area contributed by atoms with Gasteiger partial charge in [0.05, 0.1) is 0 Å². The van der Waals surface area contributed by atoms with Crippen molar-refractivity contribution in [2.45, 2.75) is 141 Å². The Hall–Kier alpha value is -1.96. The van der Waals surface area contributed by atoms with Crippen molar-refractivity contribution in [3.05, 3.63) is 76.4 Å². The molecule has 0 bridgehead atoms. The molecule has 2 heteroatoms. The third kappa shape index (κ3) is 7.27. The molecule has 1 atom stereocenters. The van der Waals surface area contributed by atoms with E-state index in [0.29, 0.717) is 17.8 Å². The molecule has 2 aromatic rings. The molecule has 3 aliphatic carbocycles. The first-order chi connectivity index (χ1) is 19.6. The van der Waals surface area contributed by atoms with Crippen LogP contribution in [0.5, 0.6) is 0 Å². The van der Waals surface area contributed by atoms with Crippen LogP contribution in [-0.2, 0) is 0 Å². The predicted molar refractivity (Wildman–Crippen MR) is 166 cm³/mol. The SMILES string of the molecule is CCCCCCC1CCC(c2ccc(C3=CCC(c4ccc(C5CCC(CC)CC5)c(F)c4)CC3)c(F)c2)CC1. The van der Waals surface area contributed by atoms with Crippen molar-refractivity contribution < 1.29 is 8.78 Å². The van der Waals surface area contributed by atoms with Crippen LogP contribution < -0.4 is 0 Å². The summed E-state index contributed by atoms with van der Waals surface area (Å²) in [5, 5.41) is 0. The molecule has 0 amide bonds. The Morgan fingerprint density at radius 1 is 0.650 bits per heavy atom. The third-order valence-electron chi connectivity index (χ3n) is 10.9. The molecule has 0 spiro atoms. The Balaban J connectivity index is 1.15. The Morgan fingerprint density at radius 3 is 1.98 bits per heavy atom. The second-order valence-corrected chi connectivity index (χ2v) is 13.4. The summed E-state index contributed by atoms with van der Waals surface area (Å²) in [6, 6.07) is 12.1. The molecule has 218 valence electrons. The number of unbranched alkanes of at least 4 members (excludes halogenated alkanes) is 3. The van der Waals surface area contributed by atoms with Crippen LogP contribution in [0.25, 0.3) is 5.57 Å². The summed E-state index contributed by atoms with van der Waals surface area (Å²) >= 11 is 0. The van der Waals surface area contributed by atoms with Crippen molar-refractivity contribution in [3.8, 4) is 0 Å². The maximum Gasteiger partial charge on any atom is 0.130 e. The molecule has 3 aliphatic rings. The molecule has 0 aliphatic heterocycles. The summed E-state index contributed by atoms with van der Waals surface area (Å²) < 4.78 is 30.6. The van der Waals surface area contributed by atoms with E-state index in [1.54, 1.807) is 6.07 Å². The minimum Gasteiger partial charge on any atom is -0.207 e. The van der Waals surface area contributed by atoms with Crippen LogP contribution in [0.15, 0.2) is 42.5 Å². The topological polar surface area (TPSA) is 0 Å². The molecule has 0 N–H and O–H groups in total. The fraction of sp³-hybridized carbons (Fsp3) is 0.632. The fourth-order valence-electron chi connectivity index (χ4n) is 8.08. The Morgan fingerprint density at radius 2 is 1.32 bits per heavy atom. The average molecular weight is 547 g/mol. The van der Waals surface area contributed by atoms with E-state index < -0.39 is 0 Å². The van der Waals surface area contributed by atoms with Crippen LogP contribution >= 0.6 is 0 Å². The van der Waals surface area contributed by atoms with E-state index in [1.807, 2.05) is 12.1 Å². The number of hydrogen-bond donors (Lipinski definition) is 0. The number of rotatable bonds is 10. The molecule has 0 nitrogen and oxygen atoms in total. The Labute approximate surface area is 243 Å². The highest BCUT2D eigenvalue weighted by molar-refractivity contribution is 5.67. The van der Waals surface area contributed by atoms with E-state index >= 15 is 8.78 Å². The van der Waals surface area contributed by atoms with Gasteiger partial charge in [0.25, 0.3) is 0 Å². The summed E-state index contributed by atoms with van der Waals surface area (Å²) in [5.41, 5.74) is 5.12. The van der Waals surface area contributed by atoms with Gasteiger partial charge in [-0.2, -0.15) is 0 Å². The third-order valence-corrected chi connectivity index (χ3v) is 10.9. The zero-order chi connectivity index (χ0) is 27.9. The molecule has 0 saturated heterocycles. The summed E-state index contributed by atoms with van der Waals surface area (Å²) in [5.74, 6) is 2.85. The summed E-state index contributed by atoms with van der Waals surface area (Å²) in [7, 11) is 0. The predicted octanol–water partition coefficient (Wildman–Crippen LogP) is 12.2. The first-order valence-electron chi connectivity index (χ1n) is 16.8. The molecule has 0 radical (unpaired) electrons. The smallest absolute Gasteiger partial charge is 0.130 e. The highest BCUT2D eigenvalue weighted by Crippen LogP contribution is 2.42. The van der Waals surface area contributed by atoms with Crippen LogP contribution in [0, 0.1) is 23.5 Å². The number of hydrogen-bond acceptors (Lipinski definition) is 0. The van der Waals surface area contributed by atoms with Gasteiger partial charge >= 0.3 is 0 Å². The van der Waals surface area contributed by atoms with E-state index in [9.17, 15) is 0 Å². The molecule has 1 unspecified atom stereocenters. The van der Waals surface area contributed by atoms with Gasteiger partial charge in [0.2, 0.25) is 0 Å². The van der Waals surface area contributed by atoms with Crippen molar-refractivity contribution in [3.63, 3.8) is 0 Å². The van der Waals surface area contributed by atoms with Crippen LogP contribution in [0.3, 0.4) is 0 Å². The van der Waals surface area contributed by atoms with Crippen molar-refractivity contribution in [2.75, 3.05) is 0 Å². The molecular formula is C38H52F2. The zero-order valence-electron chi connectivity index (χ0n) is 25.2. The molecule has 0 heterocycles. The fourth-order valence-corrected chi connectivity index (χ4v) is 8.08. The maximum atomic E-state index is 15.4. The summed E-state index contributed by atoms with van der Waals surface area (Å²) in [4.78, 5) is 0. The van der Waals surface area contributed by atoms with E-state index in [1.165, 1.54) is 82.6 Å². The standard InChI is InChI=1S/C38H52F2/c1-3-5-6-7-8-28-11-13-29(14-12-28)33-21-24-36(38(40)25-33)32-19-17-30(18-20-32)34-22-23-35(37(39)26-34)31-15-9-27(4-2)10-16-31/h19,21-31H,3-18,20H2,1-2H3.